The van der Waals surface area contributed by atoms with Crippen molar-refractivity contribution in [3.8, 4) is 17.2 Å². The van der Waals surface area contributed by atoms with E-state index in [9.17, 15) is 41.7 Å². The van der Waals surface area contributed by atoms with Crippen LogP contribution in [0.4, 0.5) is 0 Å². The number of carbonyl (C=O) groups excluding carboxylic acids is 2. The number of aromatic hydroxyl groups is 3. The van der Waals surface area contributed by atoms with Crippen molar-refractivity contribution in [3.05, 3.63) is 40.5 Å². The van der Waals surface area contributed by atoms with E-state index < -0.39 is 81.1 Å². The predicted molar refractivity (Wildman–Crippen MR) is 84.4 cm³/mol. The molecule has 0 bridgehead atoms. The molecule has 142 valence electrons. The Balaban J connectivity index is 2.45. The summed E-state index contributed by atoms with van der Waals surface area (Å²) in [6.45, 7) is 0. The first-order chi connectivity index (χ1) is 12.3. The number of phenolic OH excluding ortho intramolecular Hbond substituents is 3. The average Bonchev–Trinajstić information content (AvgIpc) is 2.53. The molecule has 0 saturated heterocycles. The number of rotatable bonds is 2. The van der Waals surface area contributed by atoms with Gasteiger partial charge in [-0.15, -0.1) is 0 Å². The first-order valence-electron chi connectivity index (χ1n) is 6.76. The maximum absolute atomic E-state index is 12.6. The molecule has 27 heavy (non-hydrogen) atoms. The third-order valence-electron chi connectivity index (χ3n) is 3.87. The Labute approximate surface area is 150 Å². The SMILES string of the molecule is O=C1c2ccc(S(=O)(=O)O)cc2C(=O)c2c(O)c(S(=O)(=O)O)c(O)c(O)c21. The molecule has 0 unspecified atom stereocenters. The minimum absolute atomic E-state index is 0.436. The molecule has 0 radical (unpaired) electrons. The molecule has 0 amide bonds. The van der Waals surface area contributed by atoms with E-state index in [-0.39, 0.29) is 0 Å². The van der Waals surface area contributed by atoms with Gasteiger partial charge in [-0.1, -0.05) is 0 Å². The topological polar surface area (TPSA) is 204 Å². The van der Waals surface area contributed by atoms with Gasteiger partial charge < -0.3 is 15.3 Å². The van der Waals surface area contributed by atoms with Crippen LogP contribution in [-0.4, -0.2) is 52.8 Å². The minimum atomic E-state index is -5.33. The Bertz CT molecular complexity index is 1270. The summed E-state index contributed by atoms with van der Waals surface area (Å²) < 4.78 is 63.3. The fraction of sp³-hybridized carbons (Fsp3) is 0. The van der Waals surface area contributed by atoms with Crippen LogP contribution in [0.25, 0.3) is 0 Å². The molecule has 2 aromatic carbocycles. The van der Waals surface area contributed by atoms with Crippen molar-refractivity contribution in [3.63, 3.8) is 0 Å². The van der Waals surface area contributed by atoms with Gasteiger partial charge in [0.05, 0.1) is 16.0 Å². The van der Waals surface area contributed by atoms with Gasteiger partial charge in [-0.2, -0.15) is 16.8 Å². The molecular weight excluding hydrogens is 408 g/mol. The summed E-state index contributed by atoms with van der Waals surface area (Å²) in [5, 5.41) is 29.8. The molecule has 0 aromatic heterocycles. The zero-order valence-corrected chi connectivity index (χ0v) is 14.4. The second-order valence-electron chi connectivity index (χ2n) is 5.44. The molecule has 2 aromatic rings. The fourth-order valence-corrected chi connectivity index (χ4v) is 3.91. The van der Waals surface area contributed by atoms with Gasteiger partial charge in [-0.25, -0.2) is 0 Å². The molecule has 13 heteroatoms. The maximum atomic E-state index is 12.6. The van der Waals surface area contributed by atoms with Crippen molar-refractivity contribution in [2.75, 3.05) is 0 Å². The van der Waals surface area contributed by atoms with E-state index in [0.29, 0.717) is 6.07 Å². The highest BCUT2D eigenvalue weighted by Gasteiger charge is 2.40. The number of hydrogen-bond acceptors (Lipinski definition) is 9. The van der Waals surface area contributed by atoms with E-state index in [1.807, 2.05) is 0 Å². The van der Waals surface area contributed by atoms with Crippen LogP contribution in [0.3, 0.4) is 0 Å². The standard InChI is InChI=1S/C14H8O11S2/c15-9-5-2-1-4(26(20,21)22)3-6(5)10(16)8-7(9)11(17)13(19)14(12(8)18)27(23,24)25/h1-3,17-19H,(H,20,21,22)(H,23,24,25). The van der Waals surface area contributed by atoms with E-state index in [0.717, 1.165) is 12.1 Å². The van der Waals surface area contributed by atoms with Crippen LogP contribution in [-0.2, 0) is 20.2 Å². The second kappa shape index (κ2) is 5.50. The molecule has 0 atom stereocenters. The van der Waals surface area contributed by atoms with E-state index >= 15 is 0 Å². The third-order valence-corrected chi connectivity index (χ3v) is 5.62. The van der Waals surface area contributed by atoms with Crippen molar-refractivity contribution >= 4 is 31.8 Å². The molecule has 0 fully saturated rings. The van der Waals surface area contributed by atoms with Gasteiger partial charge in [0, 0.05) is 11.1 Å². The van der Waals surface area contributed by atoms with Gasteiger partial charge in [0.15, 0.2) is 33.7 Å². The van der Waals surface area contributed by atoms with Gasteiger partial charge in [-0.3, -0.25) is 18.7 Å². The van der Waals surface area contributed by atoms with Crippen LogP contribution in [0.15, 0.2) is 28.0 Å². The highest BCUT2D eigenvalue weighted by Crippen LogP contribution is 2.48. The first-order valence-corrected chi connectivity index (χ1v) is 9.64. The van der Waals surface area contributed by atoms with Crippen LogP contribution >= 0.6 is 0 Å². The van der Waals surface area contributed by atoms with Crippen molar-refractivity contribution in [2.45, 2.75) is 9.79 Å². The van der Waals surface area contributed by atoms with Crippen molar-refractivity contribution < 1.29 is 50.8 Å². The highest BCUT2D eigenvalue weighted by atomic mass is 32.2. The molecule has 1 aliphatic carbocycles. The number of carbonyl (C=O) groups is 2. The van der Waals surface area contributed by atoms with E-state index in [4.69, 9.17) is 9.11 Å². The predicted octanol–water partition coefficient (Wildman–Crippen LogP) is 0.0722. The third kappa shape index (κ3) is 2.64. The molecular formula is C14H8O11S2. The number of phenols is 3. The monoisotopic (exact) mass is 416 g/mol. The van der Waals surface area contributed by atoms with E-state index in [2.05, 4.69) is 0 Å². The number of benzene rings is 2. The lowest BCUT2D eigenvalue weighted by Crippen LogP contribution is -2.23. The lowest BCUT2D eigenvalue weighted by atomic mass is 9.83. The zero-order valence-electron chi connectivity index (χ0n) is 12.7. The fourth-order valence-electron chi connectivity index (χ4n) is 2.71. The summed E-state index contributed by atoms with van der Waals surface area (Å²) in [7, 11) is -10.1. The lowest BCUT2D eigenvalue weighted by molar-refractivity contribution is 0.0972. The van der Waals surface area contributed by atoms with Crippen LogP contribution in [0, 0.1) is 0 Å². The molecule has 0 aliphatic heterocycles. The van der Waals surface area contributed by atoms with Crippen LogP contribution in [0.2, 0.25) is 0 Å². The molecule has 5 N–H and O–H groups in total. The Morgan fingerprint density at radius 2 is 1.19 bits per heavy atom. The van der Waals surface area contributed by atoms with Crippen LogP contribution < -0.4 is 0 Å². The number of fused-ring (bicyclic) bond motifs is 2. The summed E-state index contributed by atoms with van der Waals surface area (Å²) >= 11 is 0. The number of ketones is 2. The van der Waals surface area contributed by atoms with Crippen molar-refractivity contribution in [1.29, 1.82) is 0 Å². The summed E-state index contributed by atoms with van der Waals surface area (Å²) in [6, 6.07) is 2.27. The first kappa shape index (κ1) is 18.8. The van der Waals surface area contributed by atoms with Gasteiger partial charge in [0.1, 0.15) is 0 Å². The molecule has 0 saturated carbocycles. The van der Waals surface area contributed by atoms with Gasteiger partial charge >= 0.3 is 10.1 Å². The van der Waals surface area contributed by atoms with E-state index in [1.54, 1.807) is 0 Å². The minimum Gasteiger partial charge on any atom is -0.506 e. The maximum Gasteiger partial charge on any atom is 0.302 e. The second-order valence-corrected chi connectivity index (χ2v) is 8.22. The summed E-state index contributed by atoms with van der Waals surface area (Å²) in [5.41, 5.74) is -3.06. The summed E-state index contributed by atoms with van der Waals surface area (Å²) in [5.74, 6) is -6.87. The molecule has 3 rings (SSSR count). The molecule has 0 heterocycles. The molecule has 1 aliphatic rings. The Hall–Kier alpha value is -3.00. The summed E-state index contributed by atoms with van der Waals surface area (Å²) in [4.78, 5) is 22.8. The zero-order chi connectivity index (χ0) is 20.5. The van der Waals surface area contributed by atoms with Crippen molar-refractivity contribution in [2.24, 2.45) is 0 Å². The Kier molecular flexibility index (Phi) is 3.82. The Morgan fingerprint density at radius 1 is 0.667 bits per heavy atom. The van der Waals surface area contributed by atoms with Gasteiger partial charge in [0.25, 0.3) is 10.1 Å². The van der Waals surface area contributed by atoms with Crippen molar-refractivity contribution in [1.82, 2.24) is 0 Å². The van der Waals surface area contributed by atoms with Gasteiger partial charge in [-0.05, 0) is 18.2 Å². The smallest absolute Gasteiger partial charge is 0.302 e. The largest absolute Gasteiger partial charge is 0.506 e. The number of hydrogen-bond donors (Lipinski definition) is 5. The normalized spacial score (nSPS) is 14.0. The van der Waals surface area contributed by atoms with Gasteiger partial charge in [0.2, 0.25) is 0 Å². The van der Waals surface area contributed by atoms with E-state index in [1.165, 1.54) is 0 Å². The lowest BCUT2D eigenvalue weighted by Gasteiger charge is -2.21. The quantitative estimate of drug-likeness (QED) is 0.215. The average molecular weight is 416 g/mol. The van der Waals surface area contributed by atoms with Crippen LogP contribution in [0.5, 0.6) is 17.2 Å². The van der Waals surface area contributed by atoms with Crippen LogP contribution in [0.1, 0.15) is 31.8 Å². The highest BCUT2D eigenvalue weighted by molar-refractivity contribution is 7.86. The molecule has 0 spiro atoms. The Morgan fingerprint density at radius 3 is 1.70 bits per heavy atom. The molecule has 11 nitrogen and oxygen atoms in total. The summed E-state index contributed by atoms with van der Waals surface area (Å²) in [6.07, 6.45) is 0.